The molecule has 2 aromatic heterocycles. The molecule has 1 N–H and O–H groups in total. The van der Waals surface area contributed by atoms with Crippen molar-refractivity contribution in [2.24, 2.45) is 0 Å². The lowest BCUT2D eigenvalue weighted by atomic mass is 10.2. The Balaban J connectivity index is 1.55. The maximum absolute atomic E-state index is 14.2. The van der Waals surface area contributed by atoms with E-state index in [1.807, 2.05) is 19.1 Å². The number of nitrogens with one attached hydrogen (secondary N) is 1. The molecule has 4 aromatic rings. The highest BCUT2D eigenvalue weighted by Crippen LogP contribution is 2.24. The number of fused-ring (bicyclic) bond motifs is 1. The largest absolute Gasteiger partial charge is 0.493 e. The van der Waals surface area contributed by atoms with Gasteiger partial charge in [-0.25, -0.2) is 18.9 Å². The number of rotatable bonds is 6. The minimum Gasteiger partial charge on any atom is -0.493 e. The third-order valence-corrected chi connectivity index (χ3v) is 5.48. The van der Waals surface area contributed by atoms with E-state index in [4.69, 9.17) is 16.3 Å². The summed E-state index contributed by atoms with van der Waals surface area (Å²) in [7, 11) is 0. The van der Waals surface area contributed by atoms with Gasteiger partial charge < -0.3 is 4.74 Å². The Morgan fingerprint density at radius 3 is 2.83 bits per heavy atom. The molecule has 0 fully saturated rings. The van der Waals surface area contributed by atoms with Crippen molar-refractivity contribution in [3.05, 3.63) is 75.3 Å². The van der Waals surface area contributed by atoms with Crippen LogP contribution in [0.5, 0.6) is 5.75 Å². The molecule has 0 radical (unpaired) electrons. The van der Waals surface area contributed by atoms with E-state index in [0.717, 1.165) is 5.56 Å². The van der Waals surface area contributed by atoms with Crippen LogP contribution in [-0.2, 0) is 0 Å². The molecule has 2 heterocycles. The Labute approximate surface area is 174 Å². The number of hydrogen-bond acceptors (Lipinski definition) is 5. The number of H-pyrrole nitrogens is 1. The molecule has 0 aliphatic rings. The fraction of sp³-hybridized carbons (Fsp3) is 0.150. The average Bonchev–Trinajstić information content (AvgIpc) is 3.08. The molecule has 0 saturated carbocycles. The van der Waals surface area contributed by atoms with Gasteiger partial charge in [0.1, 0.15) is 11.6 Å². The summed E-state index contributed by atoms with van der Waals surface area (Å²) in [4.78, 5) is 20.5. The van der Waals surface area contributed by atoms with Gasteiger partial charge in [-0.05, 0) is 36.8 Å². The molecule has 0 amide bonds. The molecule has 9 heteroatoms. The summed E-state index contributed by atoms with van der Waals surface area (Å²) in [5.74, 6) is 1.02. The maximum Gasteiger partial charge on any atom is 0.266 e. The van der Waals surface area contributed by atoms with Crippen LogP contribution in [0.2, 0.25) is 5.02 Å². The topological polar surface area (TPSA) is 72.3 Å². The van der Waals surface area contributed by atoms with Crippen molar-refractivity contribution in [1.82, 2.24) is 19.6 Å². The van der Waals surface area contributed by atoms with E-state index in [1.165, 1.54) is 28.4 Å². The third kappa shape index (κ3) is 4.28. The van der Waals surface area contributed by atoms with Crippen molar-refractivity contribution in [2.75, 3.05) is 12.4 Å². The SMILES string of the molecule is Cc1ccc(OCCSc2nc(-c3ccccc3F)nc3cc(=O)[nH]n23)cc1Cl. The highest BCUT2D eigenvalue weighted by molar-refractivity contribution is 7.99. The van der Waals surface area contributed by atoms with Gasteiger partial charge in [0.25, 0.3) is 5.56 Å². The number of aryl methyl sites for hydroxylation is 1. The van der Waals surface area contributed by atoms with E-state index in [9.17, 15) is 9.18 Å². The normalized spacial score (nSPS) is 11.1. The van der Waals surface area contributed by atoms with Crippen molar-refractivity contribution in [3.8, 4) is 17.1 Å². The molecule has 0 saturated heterocycles. The lowest BCUT2D eigenvalue weighted by Gasteiger charge is -2.09. The number of thioether (sulfide) groups is 1. The molecule has 0 atom stereocenters. The van der Waals surface area contributed by atoms with E-state index in [2.05, 4.69) is 15.1 Å². The van der Waals surface area contributed by atoms with Crippen molar-refractivity contribution >= 4 is 29.0 Å². The molecule has 0 aliphatic carbocycles. The summed E-state index contributed by atoms with van der Waals surface area (Å²) >= 11 is 7.47. The number of ether oxygens (including phenoxy) is 1. The smallest absolute Gasteiger partial charge is 0.266 e. The molecule has 0 bridgehead atoms. The molecule has 0 spiro atoms. The summed E-state index contributed by atoms with van der Waals surface area (Å²) in [6, 6.07) is 13.1. The predicted octanol–water partition coefficient (Wildman–Crippen LogP) is 4.36. The van der Waals surface area contributed by atoms with Gasteiger partial charge in [0.05, 0.1) is 12.2 Å². The number of aromatic amines is 1. The van der Waals surface area contributed by atoms with Crippen molar-refractivity contribution in [2.45, 2.75) is 12.1 Å². The molecule has 0 aliphatic heterocycles. The maximum atomic E-state index is 14.2. The lowest BCUT2D eigenvalue weighted by molar-refractivity contribution is 0.344. The average molecular weight is 431 g/mol. The standard InChI is InChI=1S/C20H16ClFN4O2S/c1-12-6-7-13(10-15(12)21)28-8-9-29-20-24-19(14-4-2-3-5-16(14)22)23-17-11-18(27)25-26(17)20/h2-7,10-11H,8-9H2,1H3,(H,25,27). The lowest BCUT2D eigenvalue weighted by Crippen LogP contribution is -2.07. The van der Waals surface area contributed by atoms with Gasteiger partial charge in [-0.2, -0.15) is 0 Å². The Kier molecular flexibility index (Phi) is 5.55. The van der Waals surface area contributed by atoms with Gasteiger partial charge in [0, 0.05) is 16.8 Å². The molecule has 0 unspecified atom stereocenters. The fourth-order valence-electron chi connectivity index (χ4n) is 2.70. The zero-order valence-electron chi connectivity index (χ0n) is 15.4. The van der Waals surface area contributed by atoms with E-state index < -0.39 is 5.82 Å². The number of hydrogen-bond donors (Lipinski definition) is 1. The van der Waals surface area contributed by atoms with Crippen molar-refractivity contribution < 1.29 is 9.13 Å². The minimum absolute atomic E-state index is 0.218. The third-order valence-electron chi connectivity index (χ3n) is 4.17. The first-order chi connectivity index (χ1) is 14.0. The van der Waals surface area contributed by atoms with E-state index >= 15 is 0 Å². The second-order valence-electron chi connectivity index (χ2n) is 6.23. The molecule has 29 heavy (non-hydrogen) atoms. The summed E-state index contributed by atoms with van der Waals surface area (Å²) in [5, 5.41) is 3.79. The first-order valence-electron chi connectivity index (χ1n) is 8.78. The minimum atomic E-state index is -0.426. The molecular weight excluding hydrogens is 415 g/mol. The van der Waals surface area contributed by atoms with Crippen LogP contribution in [0.1, 0.15) is 5.56 Å². The van der Waals surface area contributed by atoms with Gasteiger partial charge in [-0.1, -0.05) is 41.6 Å². The first-order valence-corrected chi connectivity index (χ1v) is 10.1. The van der Waals surface area contributed by atoms with Crippen LogP contribution in [0.4, 0.5) is 4.39 Å². The Morgan fingerprint density at radius 1 is 1.21 bits per heavy atom. The molecule has 4 rings (SSSR count). The van der Waals surface area contributed by atoms with Crippen molar-refractivity contribution in [3.63, 3.8) is 0 Å². The highest BCUT2D eigenvalue weighted by Gasteiger charge is 2.14. The van der Waals surface area contributed by atoms with Crippen molar-refractivity contribution in [1.29, 1.82) is 0 Å². The predicted molar refractivity (Wildman–Crippen MR) is 111 cm³/mol. The van der Waals surface area contributed by atoms with Gasteiger partial charge >= 0.3 is 0 Å². The van der Waals surface area contributed by atoms with Crippen LogP contribution < -0.4 is 10.3 Å². The van der Waals surface area contributed by atoms with Crippen LogP contribution >= 0.6 is 23.4 Å². The second kappa shape index (κ2) is 8.26. The van der Waals surface area contributed by atoms with Gasteiger partial charge in [0.15, 0.2) is 16.6 Å². The summed E-state index contributed by atoms with van der Waals surface area (Å²) in [6.07, 6.45) is 0. The number of halogens is 2. The zero-order chi connectivity index (χ0) is 20.4. The second-order valence-corrected chi connectivity index (χ2v) is 7.70. The van der Waals surface area contributed by atoms with Crippen LogP contribution in [0.25, 0.3) is 17.0 Å². The first kappa shape index (κ1) is 19.5. The van der Waals surface area contributed by atoms with E-state index in [0.29, 0.717) is 33.9 Å². The number of nitrogens with zero attached hydrogens (tertiary/aromatic N) is 3. The zero-order valence-corrected chi connectivity index (χ0v) is 16.9. The Bertz CT molecular complexity index is 1240. The molecular formula is C20H16ClFN4O2S. The molecule has 2 aromatic carbocycles. The molecule has 6 nitrogen and oxygen atoms in total. The number of aromatic nitrogens is 4. The van der Waals surface area contributed by atoms with Gasteiger partial charge in [-0.3, -0.25) is 9.89 Å². The van der Waals surface area contributed by atoms with Crippen LogP contribution in [-0.4, -0.2) is 31.9 Å². The quantitative estimate of drug-likeness (QED) is 0.363. The van der Waals surface area contributed by atoms with Gasteiger partial charge in [-0.15, -0.1) is 0 Å². The molecule has 148 valence electrons. The van der Waals surface area contributed by atoms with Gasteiger partial charge in [0.2, 0.25) is 0 Å². The summed E-state index contributed by atoms with van der Waals surface area (Å²) < 4.78 is 21.4. The highest BCUT2D eigenvalue weighted by atomic mass is 35.5. The van der Waals surface area contributed by atoms with E-state index in [-0.39, 0.29) is 16.9 Å². The monoisotopic (exact) mass is 430 g/mol. The Morgan fingerprint density at radius 2 is 2.03 bits per heavy atom. The summed E-state index contributed by atoms with van der Waals surface area (Å²) in [5.41, 5.74) is 1.32. The van der Waals surface area contributed by atoms with Crippen LogP contribution in [0.15, 0.2) is 58.5 Å². The number of benzene rings is 2. The summed E-state index contributed by atoms with van der Waals surface area (Å²) in [6.45, 7) is 2.32. The van der Waals surface area contributed by atoms with Crippen LogP contribution in [0.3, 0.4) is 0 Å². The van der Waals surface area contributed by atoms with E-state index in [1.54, 1.807) is 24.3 Å². The fourth-order valence-corrected chi connectivity index (χ4v) is 3.64. The Hall–Kier alpha value is -2.84. The van der Waals surface area contributed by atoms with Crippen LogP contribution in [0, 0.1) is 12.7 Å².